The normalized spacial score (nSPS) is 23.0. The van der Waals surface area contributed by atoms with E-state index >= 15 is 0 Å². The van der Waals surface area contributed by atoms with Crippen LogP contribution in [0.15, 0.2) is 22.7 Å². The second-order valence-electron chi connectivity index (χ2n) is 4.60. The van der Waals surface area contributed by atoms with E-state index in [2.05, 4.69) is 33.8 Å². The first-order chi connectivity index (χ1) is 8.61. The van der Waals surface area contributed by atoms with Crippen LogP contribution in [-0.4, -0.2) is 37.2 Å². The van der Waals surface area contributed by atoms with E-state index in [1.54, 1.807) is 0 Å². The molecule has 3 nitrogen and oxygen atoms in total. The fraction of sp³-hybridized carbons (Fsp3) is 0.538. The Kier molecular flexibility index (Phi) is 5.04. The highest BCUT2D eigenvalue weighted by Gasteiger charge is 2.24. The largest absolute Gasteiger partial charge is 0.376 e. The molecular weight excluding hydrogens is 316 g/mol. The van der Waals surface area contributed by atoms with E-state index in [4.69, 9.17) is 22.1 Å². The van der Waals surface area contributed by atoms with Gasteiger partial charge in [-0.05, 0) is 40.5 Å². The minimum absolute atomic E-state index is 0.210. The third-order valence-corrected chi connectivity index (χ3v) is 4.50. The first kappa shape index (κ1) is 14.3. The average Bonchev–Trinajstić information content (AvgIpc) is 2.35. The second-order valence-corrected chi connectivity index (χ2v) is 5.86. The molecular formula is C13H18BrClN2O. The smallest absolute Gasteiger partial charge is 0.0674 e. The molecule has 1 heterocycles. The number of morpholine rings is 1. The van der Waals surface area contributed by atoms with Gasteiger partial charge in [-0.25, -0.2) is 0 Å². The summed E-state index contributed by atoms with van der Waals surface area (Å²) in [6.45, 7) is 5.27. The molecule has 2 rings (SSSR count). The summed E-state index contributed by atoms with van der Waals surface area (Å²) in [5, 5.41) is 0.729. The minimum atomic E-state index is 0.210. The molecule has 1 aliphatic heterocycles. The number of ether oxygens (including phenoxy) is 1. The summed E-state index contributed by atoms with van der Waals surface area (Å²) in [7, 11) is 0. The lowest BCUT2D eigenvalue weighted by atomic mass is 10.0. The van der Waals surface area contributed by atoms with E-state index in [1.165, 1.54) is 5.56 Å². The number of benzene rings is 1. The van der Waals surface area contributed by atoms with Gasteiger partial charge in [0.2, 0.25) is 0 Å². The molecule has 0 amide bonds. The zero-order valence-electron chi connectivity index (χ0n) is 10.4. The van der Waals surface area contributed by atoms with Crippen LogP contribution in [0.2, 0.25) is 5.02 Å². The number of hydrogen-bond acceptors (Lipinski definition) is 3. The third-order valence-electron chi connectivity index (χ3n) is 3.26. The topological polar surface area (TPSA) is 38.5 Å². The van der Waals surface area contributed by atoms with Gasteiger partial charge in [-0.3, -0.25) is 4.90 Å². The molecule has 1 aromatic carbocycles. The maximum Gasteiger partial charge on any atom is 0.0674 e. The summed E-state index contributed by atoms with van der Waals surface area (Å²) in [6, 6.07) is 6.25. The molecule has 0 aromatic heterocycles. The quantitative estimate of drug-likeness (QED) is 0.924. The van der Waals surface area contributed by atoms with Crippen molar-refractivity contribution >= 4 is 27.5 Å². The van der Waals surface area contributed by atoms with Gasteiger partial charge < -0.3 is 10.5 Å². The first-order valence-corrected chi connectivity index (χ1v) is 7.29. The van der Waals surface area contributed by atoms with Crippen molar-refractivity contribution in [1.29, 1.82) is 0 Å². The molecule has 0 spiro atoms. The van der Waals surface area contributed by atoms with Crippen LogP contribution in [0.4, 0.5) is 0 Å². The predicted molar refractivity (Wildman–Crippen MR) is 77.9 cm³/mol. The highest BCUT2D eigenvalue weighted by atomic mass is 79.9. The van der Waals surface area contributed by atoms with Crippen molar-refractivity contribution in [2.24, 2.45) is 5.73 Å². The molecule has 0 saturated carbocycles. The molecule has 2 atom stereocenters. The molecule has 1 aromatic rings. The molecule has 1 saturated heterocycles. The minimum Gasteiger partial charge on any atom is -0.376 e. The van der Waals surface area contributed by atoms with Crippen LogP contribution in [0.1, 0.15) is 18.5 Å². The summed E-state index contributed by atoms with van der Waals surface area (Å²) < 4.78 is 6.48. The van der Waals surface area contributed by atoms with E-state index in [9.17, 15) is 0 Å². The van der Waals surface area contributed by atoms with Crippen LogP contribution in [0, 0.1) is 0 Å². The Morgan fingerprint density at radius 2 is 2.39 bits per heavy atom. The summed E-state index contributed by atoms with van der Waals surface area (Å²) in [6.07, 6.45) is 0.263. The van der Waals surface area contributed by atoms with Crippen LogP contribution in [-0.2, 0) is 4.74 Å². The summed E-state index contributed by atoms with van der Waals surface area (Å²) in [4.78, 5) is 2.37. The zero-order chi connectivity index (χ0) is 13.1. The fourth-order valence-corrected chi connectivity index (χ4v) is 2.78. The lowest BCUT2D eigenvalue weighted by Crippen LogP contribution is -2.45. The Morgan fingerprint density at radius 3 is 3.00 bits per heavy atom. The molecule has 1 fully saturated rings. The van der Waals surface area contributed by atoms with Gasteiger partial charge >= 0.3 is 0 Å². The predicted octanol–water partition coefficient (Wildman–Crippen LogP) is 2.82. The Morgan fingerprint density at radius 1 is 1.61 bits per heavy atom. The Labute approximate surface area is 121 Å². The average molecular weight is 334 g/mol. The van der Waals surface area contributed by atoms with E-state index in [0.717, 1.165) is 29.2 Å². The molecule has 5 heteroatoms. The van der Waals surface area contributed by atoms with Gasteiger partial charge in [-0.2, -0.15) is 0 Å². The molecule has 0 bridgehead atoms. The Balaban J connectivity index is 2.18. The van der Waals surface area contributed by atoms with E-state index < -0.39 is 0 Å². The van der Waals surface area contributed by atoms with Gasteiger partial charge in [0.1, 0.15) is 0 Å². The highest BCUT2D eigenvalue weighted by Crippen LogP contribution is 2.29. The van der Waals surface area contributed by atoms with E-state index in [0.29, 0.717) is 6.54 Å². The number of hydrogen-bond donors (Lipinski definition) is 1. The van der Waals surface area contributed by atoms with Crippen molar-refractivity contribution in [3.05, 3.63) is 33.3 Å². The van der Waals surface area contributed by atoms with Crippen LogP contribution in [0.25, 0.3) is 0 Å². The van der Waals surface area contributed by atoms with Gasteiger partial charge in [-0.1, -0.05) is 17.7 Å². The third kappa shape index (κ3) is 3.25. The molecule has 18 heavy (non-hydrogen) atoms. The molecule has 2 N–H and O–H groups in total. The molecule has 2 unspecified atom stereocenters. The summed E-state index contributed by atoms with van der Waals surface area (Å²) in [5.74, 6) is 0. The number of rotatable bonds is 3. The van der Waals surface area contributed by atoms with Crippen molar-refractivity contribution in [2.45, 2.75) is 19.1 Å². The molecule has 0 aliphatic carbocycles. The lowest BCUT2D eigenvalue weighted by Gasteiger charge is -2.37. The van der Waals surface area contributed by atoms with E-state index in [1.807, 2.05) is 12.1 Å². The summed E-state index contributed by atoms with van der Waals surface area (Å²) >= 11 is 9.56. The van der Waals surface area contributed by atoms with Crippen molar-refractivity contribution < 1.29 is 4.74 Å². The van der Waals surface area contributed by atoms with Gasteiger partial charge in [0.05, 0.1) is 17.7 Å². The molecule has 100 valence electrons. The van der Waals surface area contributed by atoms with Crippen molar-refractivity contribution in [1.82, 2.24) is 4.90 Å². The van der Waals surface area contributed by atoms with Gasteiger partial charge in [0, 0.05) is 30.1 Å². The maximum absolute atomic E-state index is 6.15. The van der Waals surface area contributed by atoms with Crippen LogP contribution in [0.5, 0.6) is 0 Å². The van der Waals surface area contributed by atoms with Crippen molar-refractivity contribution in [3.8, 4) is 0 Å². The van der Waals surface area contributed by atoms with Crippen molar-refractivity contribution in [2.75, 3.05) is 26.2 Å². The Hall–Kier alpha value is -0.130. The van der Waals surface area contributed by atoms with E-state index in [-0.39, 0.29) is 12.1 Å². The monoisotopic (exact) mass is 332 g/mol. The fourth-order valence-electron chi connectivity index (χ4n) is 2.34. The maximum atomic E-state index is 6.15. The standard InChI is InChI=1S/C13H18BrClN2O/c1-9-8-17(4-5-18-9)13(7-16)10-2-3-11(14)12(15)6-10/h2-3,6,9,13H,4-5,7-8,16H2,1H3. The lowest BCUT2D eigenvalue weighted by molar-refractivity contribution is -0.0333. The number of nitrogens with two attached hydrogens (primary N) is 1. The first-order valence-electron chi connectivity index (χ1n) is 6.12. The molecule has 0 radical (unpaired) electrons. The highest BCUT2D eigenvalue weighted by molar-refractivity contribution is 9.10. The Bertz CT molecular complexity index is 416. The number of halogens is 2. The SMILES string of the molecule is CC1CN(C(CN)c2ccc(Br)c(Cl)c2)CCO1. The zero-order valence-corrected chi connectivity index (χ0v) is 12.7. The summed E-state index contributed by atoms with van der Waals surface area (Å²) in [5.41, 5.74) is 7.10. The van der Waals surface area contributed by atoms with Gasteiger partial charge in [0.15, 0.2) is 0 Å². The van der Waals surface area contributed by atoms with Crippen LogP contribution in [0.3, 0.4) is 0 Å². The van der Waals surface area contributed by atoms with Crippen molar-refractivity contribution in [3.63, 3.8) is 0 Å². The van der Waals surface area contributed by atoms with Crippen LogP contribution < -0.4 is 5.73 Å². The number of nitrogens with zero attached hydrogens (tertiary/aromatic N) is 1. The second kappa shape index (κ2) is 6.35. The van der Waals surface area contributed by atoms with Gasteiger partial charge in [0.25, 0.3) is 0 Å². The van der Waals surface area contributed by atoms with Gasteiger partial charge in [-0.15, -0.1) is 0 Å². The molecule has 1 aliphatic rings. The van der Waals surface area contributed by atoms with Crippen LogP contribution >= 0.6 is 27.5 Å².